The topological polar surface area (TPSA) is 58.8 Å². The molecule has 0 spiro atoms. The third-order valence-corrected chi connectivity index (χ3v) is 3.45. The molecule has 0 aromatic heterocycles. The van der Waals surface area contributed by atoms with Gasteiger partial charge in [0.2, 0.25) is 5.91 Å². The Labute approximate surface area is 102 Å². The summed E-state index contributed by atoms with van der Waals surface area (Å²) in [5.41, 5.74) is 5.27. The molecule has 1 amide bonds. The highest BCUT2D eigenvalue weighted by atomic mass is 16.5. The Hall–Kier alpha value is -1.09. The zero-order chi connectivity index (χ0) is 12.3. The van der Waals surface area contributed by atoms with Gasteiger partial charge in [0.05, 0.1) is 13.2 Å². The van der Waals surface area contributed by atoms with Gasteiger partial charge in [-0.1, -0.05) is 5.92 Å². The fourth-order valence-corrected chi connectivity index (χ4v) is 2.30. The van der Waals surface area contributed by atoms with Crippen molar-refractivity contribution in [1.29, 1.82) is 0 Å². The second-order valence-corrected chi connectivity index (χ2v) is 4.73. The smallest absolute Gasteiger partial charge is 0.245 e. The van der Waals surface area contributed by atoms with Crippen molar-refractivity contribution < 1.29 is 9.53 Å². The summed E-state index contributed by atoms with van der Waals surface area (Å²) >= 11 is 0. The molecule has 2 aliphatic rings. The lowest BCUT2D eigenvalue weighted by Gasteiger charge is -2.37. The highest BCUT2D eigenvalue weighted by Gasteiger charge is 2.41. The Kier molecular flexibility index (Phi) is 3.67. The molecular formula is C12H19N3O2. The van der Waals surface area contributed by atoms with Crippen molar-refractivity contribution in [3.05, 3.63) is 0 Å². The van der Waals surface area contributed by atoms with Crippen molar-refractivity contribution in [2.75, 3.05) is 45.9 Å². The van der Waals surface area contributed by atoms with Crippen LogP contribution in [-0.2, 0) is 9.53 Å². The van der Waals surface area contributed by atoms with Gasteiger partial charge in [0.1, 0.15) is 5.54 Å². The molecule has 2 aliphatic heterocycles. The minimum absolute atomic E-state index is 0.0235. The molecule has 0 saturated carbocycles. The average molecular weight is 237 g/mol. The Morgan fingerprint density at radius 2 is 2.12 bits per heavy atom. The Bertz CT molecular complexity index is 323. The molecule has 5 heteroatoms. The minimum atomic E-state index is -0.797. The normalized spacial score (nSPS) is 30.2. The number of carbonyl (C=O) groups is 1. The number of nitrogens with zero attached hydrogens (tertiary/aromatic N) is 2. The highest BCUT2D eigenvalue weighted by Crippen LogP contribution is 2.19. The van der Waals surface area contributed by atoms with Crippen LogP contribution in [0.4, 0.5) is 0 Å². The molecule has 5 nitrogen and oxygen atoms in total. The summed E-state index contributed by atoms with van der Waals surface area (Å²) in [4.78, 5) is 16.2. The van der Waals surface area contributed by atoms with Crippen LogP contribution in [0.5, 0.6) is 0 Å². The van der Waals surface area contributed by atoms with Crippen LogP contribution in [0.25, 0.3) is 0 Å². The molecule has 0 aliphatic carbocycles. The molecule has 0 radical (unpaired) electrons. The third kappa shape index (κ3) is 2.60. The van der Waals surface area contributed by atoms with Crippen molar-refractivity contribution in [3.63, 3.8) is 0 Å². The SMILES string of the molecule is C#CCN1CCN(C(=O)C2(N)CCOC2)CC1. The van der Waals surface area contributed by atoms with E-state index in [1.165, 1.54) is 0 Å². The van der Waals surface area contributed by atoms with Crippen molar-refractivity contribution in [2.24, 2.45) is 5.73 Å². The Morgan fingerprint density at radius 1 is 1.41 bits per heavy atom. The first-order valence-electron chi connectivity index (χ1n) is 5.97. The van der Waals surface area contributed by atoms with Gasteiger partial charge in [0.25, 0.3) is 0 Å². The van der Waals surface area contributed by atoms with Crippen molar-refractivity contribution >= 4 is 5.91 Å². The maximum absolute atomic E-state index is 12.2. The average Bonchev–Trinajstić information content (AvgIpc) is 2.78. The van der Waals surface area contributed by atoms with Crippen LogP contribution in [-0.4, -0.2) is 67.2 Å². The number of amides is 1. The number of ether oxygens (including phenoxy) is 1. The largest absolute Gasteiger partial charge is 0.379 e. The first kappa shape index (κ1) is 12.4. The molecule has 2 heterocycles. The van der Waals surface area contributed by atoms with Crippen LogP contribution < -0.4 is 5.73 Å². The van der Waals surface area contributed by atoms with E-state index in [1.54, 1.807) is 0 Å². The number of rotatable bonds is 2. The second kappa shape index (κ2) is 5.05. The van der Waals surface area contributed by atoms with Gasteiger partial charge in [-0.3, -0.25) is 9.69 Å². The van der Waals surface area contributed by atoms with E-state index >= 15 is 0 Å². The fourth-order valence-electron chi connectivity index (χ4n) is 2.30. The molecule has 2 rings (SSSR count). The van der Waals surface area contributed by atoms with Crippen LogP contribution in [0.1, 0.15) is 6.42 Å². The van der Waals surface area contributed by atoms with Gasteiger partial charge in [-0.2, -0.15) is 0 Å². The molecule has 2 saturated heterocycles. The van der Waals surface area contributed by atoms with Crippen LogP contribution >= 0.6 is 0 Å². The molecule has 94 valence electrons. The van der Waals surface area contributed by atoms with E-state index < -0.39 is 5.54 Å². The maximum Gasteiger partial charge on any atom is 0.245 e. The van der Waals surface area contributed by atoms with Gasteiger partial charge in [0, 0.05) is 32.8 Å². The summed E-state index contributed by atoms with van der Waals surface area (Å²) in [6.07, 6.45) is 5.89. The number of hydrogen-bond acceptors (Lipinski definition) is 4. The van der Waals surface area contributed by atoms with Gasteiger partial charge >= 0.3 is 0 Å². The van der Waals surface area contributed by atoms with Gasteiger partial charge in [-0.15, -0.1) is 6.42 Å². The van der Waals surface area contributed by atoms with Gasteiger partial charge in [0.15, 0.2) is 0 Å². The first-order chi connectivity index (χ1) is 8.15. The highest BCUT2D eigenvalue weighted by molar-refractivity contribution is 5.86. The Balaban J connectivity index is 1.88. The minimum Gasteiger partial charge on any atom is -0.379 e. The molecule has 2 N–H and O–H groups in total. The molecule has 0 aromatic rings. The maximum atomic E-state index is 12.2. The second-order valence-electron chi connectivity index (χ2n) is 4.73. The van der Waals surface area contributed by atoms with Crippen LogP contribution in [0.15, 0.2) is 0 Å². The molecule has 2 fully saturated rings. The zero-order valence-corrected chi connectivity index (χ0v) is 10.0. The van der Waals surface area contributed by atoms with Gasteiger partial charge in [-0.25, -0.2) is 0 Å². The molecule has 1 unspecified atom stereocenters. The molecule has 17 heavy (non-hydrogen) atoms. The van der Waals surface area contributed by atoms with E-state index in [9.17, 15) is 4.79 Å². The lowest BCUT2D eigenvalue weighted by molar-refractivity contribution is -0.138. The van der Waals surface area contributed by atoms with E-state index in [1.807, 2.05) is 4.90 Å². The molecule has 0 aromatic carbocycles. The van der Waals surface area contributed by atoms with E-state index in [0.717, 1.165) is 13.1 Å². The van der Waals surface area contributed by atoms with Crippen LogP contribution in [0.2, 0.25) is 0 Å². The predicted molar refractivity (Wildman–Crippen MR) is 64.2 cm³/mol. The van der Waals surface area contributed by atoms with Crippen molar-refractivity contribution in [2.45, 2.75) is 12.0 Å². The van der Waals surface area contributed by atoms with Crippen LogP contribution in [0, 0.1) is 12.3 Å². The van der Waals surface area contributed by atoms with Gasteiger partial charge in [-0.05, 0) is 6.42 Å². The van der Waals surface area contributed by atoms with E-state index in [-0.39, 0.29) is 5.91 Å². The van der Waals surface area contributed by atoms with Crippen molar-refractivity contribution in [1.82, 2.24) is 9.80 Å². The number of nitrogens with two attached hydrogens (primary N) is 1. The fraction of sp³-hybridized carbons (Fsp3) is 0.750. The molecule has 0 bridgehead atoms. The number of piperazine rings is 1. The van der Waals surface area contributed by atoms with Crippen LogP contribution in [0.3, 0.4) is 0 Å². The lowest BCUT2D eigenvalue weighted by Crippen LogP contribution is -2.60. The number of carbonyl (C=O) groups excluding carboxylic acids is 1. The summed E-state index contributed by atoms with van der Waals surface area (Å²) in [5, 5.41) is 0. The van der Waals surface area contributed by atoms with E-state index in [4.69, 9.17) is 16.9 Å². The summed E-state index contributed by atoms with van der Waals surface area (Å²) in [7, 11) is 0. The summed E-state index contributed by atoms with van der Waals surface area (Å²) in [6, 6.07) is 0. The number of hydrogen-bond donors (Lipinski definition) is 1. The summed E-state index contributed by atoms with van der Waals surface area (Å²) in [6.45, 7) is 4.65. The van der Waals surface area contributed by atoms with E-state index in [2.05, 4.69) is 10.8 Å². The predicted octanol–water partition coefficient (Wildman–Crippen LogP) is -1.12. The third-order valence-electron chi connectivity index (χ3n) is 3.45. The Morgan fingerprint density at radius 3 is 2.65 bits per heavy atom. The molecular weight excluding hydrogens is 218 g/mol. The first-order valence-corrected chi connectivity index (χ1v) is 5.97. The number of terminal acetylenes is 1. The summed E-state index contributed by atoms with van der Waals surface area (Å²) in [5.74, 6) is 2.65. The lowest BCUT2D eigenvalue weighted by atomic mass is 9.98. The monoisotopic (exact) mass is 237 g/mol. The van der Waals surface area contributed by atoms with Gasteiger partial charge < -0.3 is 15.4 Å². The zero-order valence-electron chi connectivity index (χ0n) is 10.0. The summed E-state index contributed by atoms with van der Waals surface area (Å²) < 4.78 is 5.22. The molecule has 1 atom stereocenters. The van der Waals surface area contributed by atoms with E-state index in [0.29, 0.717) is 39.3 Å². The quantitative estimate of drug-likeness (QED) is 0.618. The standard InChI is InChI=1S/C12H19N3O2/c1-2-4-14-5-7-15(8-6-14)11(16)12(13)3-9-17-10-12/h1H,3-10,13H2. The van der Waals surface area contributed by atoms with Crippen molar-refractivity contribution in [3.8, 4) is 12.3 Å².